The maximum absolute atomic E-state index is 14.3. The number of nitrogens with zero attached hydrogens (tertiary/aromatic N) is 6. The molecule has 0 spiro atoms. The SMILES string of the molecule is CC(F)(F)c1cccc2nc(-c3c[nH]c4c(F)c(F)c(F)cc34)ccc12.CNC(=O)c1ccc(Cl)c2nc(-c3c[nH]c4c(F)c(C)c(F)cc34)ccc12.COc1cccc2c(-c3cc(C)c4ccccc4n3)c[nH]c12.Cc1cc2[nH]cc(-c3ccc4ccc(F)cc4n3)c2cc1F.Cc1ccc(F)c2c(-c3ccc4ccccc4n3)c[nH]c12.Cc1ccc2nc(-c3c[nH]c4c(C)cccc34)ccc2c1. The quantitative estimate of drug-likeness (QED) is 0.0545. The fraction of sp³-hybridized carbons (Fsp3) is 0.0885. The van der Waals surface area contributed by atoms with Crippen molar-refractivity contribution < 1.29 is 53.4 Å². The van der Waals surface area contributed by atoms with Crippen LogP contribution in [-0.4, -0.2) is 79.9 Å². The van der Waals surface area contributed by atoms with Crippen molar-refractivity contribution in [2.24, 2.45) is 0 Å². The van der Waals surface area contributed by atoms with Gasteiger partial charge in [0.05, 0.1) is 101 Å². The molecule has 0 radical (unpaired) electrons. The number of H-pyrrole nitrogens is 6. The first-order chi connectivity index (χ1) is 67.0. The number of ether oxygens (including phenoxy) is 1. The van der Waals surface area contributed by atoms with Gasteiger partial charge in [-0.3, -0.25) is 4.79 Å². The van der Waals surface area contributed by atoms with Gasteiger partial charge in [-0.15, -0.1) is 0 Å². The minimum atomic E-state index is -3.03. The maximum atomic E-state index is 14.3. The second-order valence-corrected chi connectivity index (χ2v) is 34.3. The molecule has 7 N–H and O–H groups in total. The number of carbonyl (C=O) groups excluding carboxylic acids is 1. The molecule has 0 atom stereocenters. The summed E-state index contributed by atoms with van der Waals surface area (Å²) in [4.78, 5) is 58.1. The summed E-state index contributed by atoms with van der Waals surface area (Å²) < 4.78 is 144. The molecule has 1 amide bonds. The van der Waals surface area contributed by atoms with Gasteiger partial charge in [0.1, 0.15) is 29.0 Å². The molecule has 0 saturated carbocycles. The zero-order valence-electron chi connectivity index (χ0n) is 75.9. The van der Waals surface area contributed by atoms with Crippen LogP contribution in [0.15, 0.2) is 292 Å². The molecule has 0 fully saturated rings. The van der Waals surface area contributed by atoms with E-state index in [1.54, 1.807) is 82.0 Å². The number of hydrogen-bond donors (Lipinski definition) is 7. The minimum Gasteiger partial charge on any atom is -0.495 e. The van der Waals surface area contributed by atoms with Crippen molar-refractivity contribution in [3.8, 4) is 73.3 Å². The fourth-order valence-electron chi connectivity index (χ4n) is 17.6. The summed E-state index contributed by atoms with van der Waals surface area (Å²) in [5, 5.41) is 12.4. The largest absolute Gasteiger partial charge is 0.495 e. The number of benzene rings is 12. The third kappa shape index (κ3) is 17.7. The van der Waals surface area contributed by atoms with Crippen LogP contribution >= 0.6 is 11.6 Å². The van der Waals surface area contributed by atoms with Gasteiger partial charge in [-0.2, -0.15) is 0 Å². The standard InChI is InChI=1S/C20H14ClF2N3O.C19H11F5N2.C19H16N2O.C19H16N2.C18H12F2N2.C18H13FN2/c1-9-15(22)7-12-13(8-25-19(12)17(9)23)16-6-4-10-11(20(27)24-2)3-5-14(21)18(10)26-16;1-19(23,24)12-3-2-4-14-9(12)5-6-15(26-14)11-8-25-18-10(11)7-13(20)16(21)17(18)22;1-12-10-17(21-16-8-4-3-6-13(12)16)15-11-20-19-14(15)7-5-9-18(19)22-2;1-12-6-8-17-14(10-12)7-9-18(21-17)16-11-20-19-13(2)4-3-5-15(16)19;1-10-6-18-13(8-15(10)20)14(9-21-18)16-5-3-11-2-4-12(19)7-17(11)22-16;1-11-6-8-14(19)17-13(10-20-18(11)17)16-9-7-12-4-2-3-5-15(12)21-16/h3-8,25H,1-2H3,(H,24,27);2-8,25H,1H3;3-11,20H,1-2H3;3-11,20H,1-2H3;2-9,21H,1H3;2-10,20H,1H3. The van der Waals surface area contributed by atoms with Crippen LogP contribution in [0.3, 0.4) is 0 Å². The molecule has 12 aromatic carbocycles. The summed E-state index contributed by atoms with van der Waals surface area (Å²) >= 11 is 6.28. The monoisotopic (exact) mass is 1880 g/mol. The van der Waals surface area contributed by atoms with E-state index in [1.165, 1.54) is 106 Å². The van der Waals surface area contributed by atoms with Gasteiger partial charge < -0.3 is 40.0 Å². The zero-order chi connectivity index (χ0) is 97.1. The zero-order valence-corrected chi connectivity index (χ0v) is 76.6. The van der Waals surface area contributed by atoms with Crippen molar-refractivity contribution in [2.75, 3.05) is 14.2 Å². The number of nitrogens with one attached hydrogen (secondary N) is 7. The van der Waals surface area contributed by atoms with Gasteiger partial charge in [-0.05, 0) is 197 Å². The third-order valence-electron chi connectivity index (χ3n) is 24.8. The molecule has 0 aliphatic rings. The van der Waals surface area contributed by atoms with Gasteiger partial charge in [0, 0.05) is 183 Å². The number of fused-ring (bicyclic) bond motifs is 12. The van der Waals surface area contributed by atoms with E-state index < -0.39 is 35.0 Å². The van der Waals surface area contributed by atoms with Gasteiger partial charge in [0.2, 0.25) is 0 Å². The highest BCUT2D eigenvalue weighted by Crippen LogP contribution is 2.42. The van der Waals surface area contributed by atoms with Crippen molar-refractivity contribution in [1.82, 2.24) is 65.1 Å². The number of carbonyl (C=O) groups is 1. The average Bonchev–Trinajstić information content (AvgIpc) is 1.66. The number of rotatable bonds is 9. The molecule has 139 heavy (non-hydrogen) atoms. The molecule has 688 valence electrons. The summed E-state index contributed by atoms with van der Waals surface area (Å²) in [7, 11) is 3.23. The van der Waals surface area contributed by atoms with Crippen LogP contribution in [-0.2, 0) is 5.92 Å². The highest BCUT2D eigenvalue weighted by atomic mass is 35.5. The Morgan fingerprint density at radius 2 is 0.863 bits per heavy atom. The van der Waals surface area contributed by atoms with E-state index in [2.05, 4.69) is 155 Å². The molecule has 12 heterocycles. The molecule has 15 nitrogen and oxygen atoms in total. The third-order valence-corrected chi connectivity index (χ3v) is 25.2. The predicted octanol–water partition coefficient (Wildman–Crippen LogP) is 30.4. The Labute approximate surface area is 792 Å². The lowest BCUT2D eigenvalue weighted by atomic mass is 10.0. The molecule has 26 heteroatoms. The van der Waals surface area contributed by atoms with Crippen LogP contribution in [0.4, 0.5) is 43.9 Å². The van der Waals surface area contributed by atoms with Crippen molar-refractivity contribution in [3.63, 3.8) is 0 Å². The maximum Gasteiger partial charge on any atom is 0.271 e. The van der Waals surface area contributed by atoms with Gasteiger partial charge in [-0.25, -0.2) is 73.8 Å². The van der Waals surface area contributed by atoms with Crippen LogP contribution < -0.4 is 10.1 Å². The Kier molecular flexibility index (Phi) is 24.6. The molecule has 24 aromatic rings. The van der Waals surface area contributed by atoms with Crippen LogP contribution in [0.5, 0.6) is 5.75 Å². The molecule has 0 saturated heterocycles. The van der Waals surface area contributed by atoms with Crippen molar-refractivity contribution in [2.45, 2.75) is 54.4 Å². The summed E-state index contributed by atoms with van der Waals surface area (Å²) in [6.07, 6.45) is 10.6. The number of hydrogen-bond acceptors (Lipinski definition) is 8. The topological polar surface area (TPSA) is 210 Å². The summed E-state index contributed by atoms with van der Waals surface area (Å²) in [6, 6.07) is 76.3. The number of pyridine rings is 6. The number of alkyl halides is 2. The normalized spacial score (nSPS) is 11.5. The van der Waals surface area contributed by atoms with Crippen LogP contribution in [0.25, 0.3) is 198 Å². The summed E-state index contributed by atoms with van der Waals surface area (Å²) in [6.45, 7) is 12.2. The fourth-order valence-corrected chi connectivity index (χ4v) is 17.8. The van der Waals surface area contributed by atoms with Gasteiger partial charge in [0.25, 0.3) is 11.8 Å². The second kappa shape index (κ2) is 37.5. The summed E-state index contributed by atoms with van der Waals surface area (Å²) in [5.74, 6) is -8.68. The lowest BCUT2D eigenvalue weighted by Crippen LogP contribution is -2.18. The number of halogens is 11. The highest BCUT2D eigenvalue weighted by Gasteiger charge is 2.29. The molecule has 0 bridgehead atoms. The lowest BCUT2D eigenvalue weighted by molar-refractivity contribution is 0.0190. The molecule has 24 rings (SSSR count). The number of methoxy groups -OCH3 is 1. The van der Waals surface area contributed by atoms with Gasteiger partial charge in [0.15, 0.2) is 23.3 Å². The lowest BCUT2D eigenvalue weighted by Gasteiger charge is -2.13. The van der Waals surface area contributed by atoms with Crippen LogP contribution in [0.2, 0.25) is 5.02 Å². The van der Waals surface area contributed by atoms with Crippen LogP contribution in [0.1, 0.15) is 56.2 Å². The molecule has 12 aromatic heterocycles. The number of para-hydroxylation sites is 4. The first kappa shape index (κ1) is 91.3. The number of aromatic nitrogens is 12. The van der Waals surface area contributed by atoms with E-state index in [1.807, 2.05) is 92.1 Å². The van der Waals surface area contributed by atoms with Gasteiger partial charge >= 0.3 is 0 Å². The Morgan fingerprint density at radius 1 is 0.353 bits per heavy atom. The number of aryl methyl sites for hydroxylation is 5. The molecule has 0 aliphatic carbocycles. The second-order valence-electron chi connectivity index (χ2n) is 33.9. The number of aromatic amines is 6. The smallest absolute Gasteiger partial charge is 0.271 e. The van der Waals surface area contributed by atoms with Gasteiger partial charge in [-0.1, -0.05) is 132 Å². The summed E-state index contributed by atoms with van der Waals surface area (Å²) in [5.41, 5.74) is 22.9. The molecule has 0 unspecified atom stereocenters. The number of amides is 1. The van der Waals surface area contributed by atoms with E-state index in [9.17, 15) is 48.7 Å². The molecule has 0 aliphatic heterocycles. The molecular weight excluding hydrogens is 1800 g/mol. The van der Waals surface area contributed by atoms with E-state index in [4.69, 9.17) is 26.3 Å². The van der Waals surface area contributed by atoms with E-state index >= 15 is 0 Å². The van der Waals surface area contributed by atoms with Crippen molar-refractivity contribution >= 4 is 148 Å². The van der Waals surface area contributed by atoms with Crippen molar-refractivity contribution in [1.29, 1.82) is 0 Å². The van der Waals surface area contributed by atoms with E-state index in [0.29, 0.717) is 77.1 Å². The van der Waals surface area contributed by atoms with E-state index in [0.717, 1.165) is 118 Å². The van der Waals surface area contributed by atoms with E-state index in [-0.39, 0.29) is 56.3 Å². The average molecular weight is 1880 g/mol. The first-order valence-corrected chi connectivity index (χ1v) is 44.5. The Morgan fingerprint density at radius 3 is 1.58 bits per heavy atom. The van der Waals surface area contributed by atoms with Crippen LogP contribution in [0, 0.1) is 88.1 Å². The highest BCUT2D eigenvalue weighted by molar-refractivity contribution is 6.35. The Hall–Kier alpha value is -16.8. The Balaban J connectivity index is 0.000000107. The molecular formula is C113H82ClF10N13O2. The first-order valence-electron chi connectivity index (χ1n) is 44.2. The predicted molar refractivity (Wildman–Crippen MR) is 537 cm³/mol. The Bertz CT molecular complexity index is 9000. The minimum absolute atomic E-state index is 0.0411. The van der Waals surface area contributed by atoms with Crippen molar-refractivity contribution in [3.05, 3.63) is 388 Å².